The lowest BCUT2D eigenvalue weighted by atomic mass is 9.83. The van der Waals surface area contributed by atoms with Crippen molar-refractivity contribution in [2.24, 2.45) is 0 Å². The predicted molar refractivity (Wildman–Crippen MR) is 101 cm³/mol. The maximum absolute atomic E-state index is 12.9. The zero-order chi connectivity index (χ0) is 16.8. The zero-order valence-corrected chi connectivity index (χ0v) is 15.5. The Morgan fingerprint density at radius 2 is 2.08 bits per heavy atom. The minimum atomic E-state index is -0.303. The first-order valence-electron chi connectivity index (χ1n) is 8.71. The van der Waals surface area contributed by atoms with E-state index in [-0.39, 0.29) is 17.9 Å². The van der Waals surface area contributed by atoms with Gasteiger partial charge in [-0.25, -0.2) is 0 Å². The van der Waals surface area contributed by atoms with E-state index in [9.17, 15) is 9.90 Å². The third-order valence-electron chi connectivity index (χ3n) is 5.16. The van der Waals surface area contributed by atoms with Gasteiger partial charge < -0.3 is 10.4 Å². The minimum absolute atomic E-state index is 0.188. The van der Waals surface area contributed by atoms with E-state index in [1.807, 2.05) is 6.07 Å². The molecule has 0 spiro atoms. The van der Waals surface area contributed by atoms with Gasteiger partial charge in [0.25, 0.3) is 0 Å². The van der Waals surface area contributed by atoms with Gasteiger partial charge in [-0.05, 0) is 65.4 Å². The van der Waals surface area contributed by atoms with Crippen molar-refractivity contribution >= 4 is 28.6 Å². The lowest BCUT2D eigenvalue weighted by molar-refractivity contribution is -0.126. The summed E-state index contributed by atoms with van der Waals surface area (Å²) in [5.74, 6) is 0.512. The average Bonchev–Trinajstić information content (AvgIpc) is 3.36. The second kappa shape index (κ2) is 8.28. The van der Waals surface area contributed by atoms with Crippen LogP contribution in [0.15, 0.2) is 34.3 Å². The first kappa shape index (κ1) is 17.6. The number of aliphatic hydroxyl groups excluding tert-OH is 1. The van der Waals surface area contributed by atoms with Gasteiger partial charge in [-0.15, -0.1) is 11.3 Å². The van der Waals surface area contributed by atoms with Gasteiger partial charge in [0.2, 0.25) is 5.91 Å². The standard InChI is InChI=1S/C19H25NO2S2/c21-11-6-15(16-7-13-23-14-16)5-10-20-18(22)19(8-1-2-9-19)17-4-3-12-24-17/h3-4,7,12-15,21H,1-2,5-6,8-11H2,(H,20,22). The number of carbonyl (C=O) groups is 1. The maximum atomic E-state index is 12.9. The highest BCUT2D eigenvalue weighted by atomic mass is 32.1. The Kier molecular flexibility index (Phi) is 6.09. The van der Waals surface area contributed by atoms with E-state index in [1.165, 1.54) is 10.4 Å². The molecule has 1 aliphatic rings. The van der Waals surface area contributed by atoms with Crippen molar-refractivity contribution in [2.75, 3.05) is 13.2 Å². The van der Waals surface area contributed by atoms with Crippen LogP contribution in [0.1, 0.15) is 54.9 Å². The summed E-state index contributed by atoms with van der Waals surface area (Å²) in [6, 6.07) is 6.27. The molecule has 2 aromatic heterocycles. The summed E-state index contributed by atoms with van der Waals surface area (Å²) in [5, 5.41) is 18.8. The SMILES string of the molecule is O=C(NCCC(CCO)c1ccsc1)C1(c2cccs2)CCCC1. The highest BCUT2D eigenvalue weighted by molar-refractivity contribution is 7.10. The van der Waals surface area contributed by atoms with Crippen LogP contribution in [0, 0.1) is 0 Å². The summed E-state index contributed by atoms with van der Waals surface area (Å²) in [5.41, 5.74) is 0.973. The molecule has 2 aromatic rings. The normalized spacial score (nSPS) is 17.7. The number of aliphatic hydroxyl groups is 1. The minimum Gasteiger partial charge on any atom is -0.396 e. The number of hydrogen-bond donors (Lipinski definition) is 2. The van der Waals surface area contributed by atoms with Crippen molar-refractivity contribution in [1.29, 1.82) is 0 Å². The number of carbonyl (C=O) groups excluding carboxylic acids is 1. The van der Waals surface area contributed by atoms with Gasteiger partial charge in [0, 0.05) is 18.0 Å². The van der Waals surface area contributed by atoms with E-state index in [0.717, 1.165) is 38.5 Å². The molecule has 1 saturated carbocycles. The molecule has 3 nitrogen and oxygen atoms in total. The van der Waals surface area contributed by atoms with Crippen LogP contribution in [0.25, 0.3) is 0 Å². The van der Waals surface area contributed by atoms with E-state index in [4.69, 9.17) is 0 Å². The van der Waals surface area contributed by atoms with E-state index in [1.54, 1.807) is 22.7 Å². The topological polar surface area (TPSA) is 49.3 Å². The van der Waals surface area contributed by atoms with Crippen LogP contribution in [-0.4, -0.2) is 24.2 Å². The van der Waals surface area contributed by atoms with E-state index >= 15 is 0 Å². The number of thiophene rings is 2. The van der Waals surface area contributed by atoms with Crippen molar-refractivity contribution in [1.82, 2.24) is 5.32 Å². The summed E-state index contributed by atoms with van der Waals surface area (Å²) in [6.45, 7) is 0.861. The molecule has 1 fully saturated rings. The largest absolute Gasteiger partial charge is 0.396 e. The highest BCUT2D eigenvalue weighted by Crippen LogP contribution is 2.43. The van der Waals surface area contributed by atoms with Gasteiger partial charge in [0.15, 0.2) is 0 Å². The van der Waals surface area contributed by atoms with Crippen molar-refractivity contribution < 1.29 is 9.90 Å². The van der Waals surface area contributed by atoms with Crippen LogP contribution >= 0.6 is 22.7 Å². The molecule has 3 rings (SSSR count). The number of hydrogen-bond acceptors (Lipinski definition) is 4. The molecule has 1 atom stereocenters. The van der Waals surface area contributed by atoms with E-state index in [2.05, 4.69) is 33.6 Å². The molecule has 130 valence electrons. The second-order valence-electron chi connectivity index (χ2n) is 6.58. The first-order valence-corrected chi connectivity index (χ1v) is 10.5. The van der Waals surface area contributed by atoms with E-state index in [0.29, 0.717) is 12.5 Å². The van der Waals surface area contributed by atoms with E-state index < -0.39 is 0 Å². The summed E-state index contributed by atoms with van der Waals surface area (Å²) in [6.07, 6.45) is 5.82. The third-order valence-corrected chi connectivity index (χ3v) is 6.93. The predicted octanol–water partition coefficient (Wildman–Crippen LogP) is 4.29. The van der Waals surface area contributed by atoms with Gasteiger partial charge in [0.05, 0.1) is 5.41 Å². The third kappa shape index (κ3) is 3.73. The average molecular weight is 364 g/mol. The molecule has 0 radical (unpaired) electrons. The van der Waals surface area contributed by atoms with Gasteiger partial charge >= 0.3 is 0 Å². The van der Waals surface area contributed by atoms with Gasteiger partial charge in [-0.2, -0.15) is 11.3 Å². The van der Waals surface area contributed by atoms with Crippen LogP contribution in [0.4, 0.5) is 0 Å². The Morgan fingerprint density at radius 3 is 2.71 bits per heavy atom. The van der Waals surface area contributed by atoms with Gasteiger partial charge in [-0.1, -0.05) is 18.9 Å². The molecule has 24 heavy (non-hydrogen) atoms. The van der Waals surface area contributed by atoms with Gasteiger partial charge in [-0.3, -0.25) is 4.79 Å². The van der Waals surface area contributed by atoms with Crippen molar-refractivity contribution in [3.05, 3.63) is 44.8 Å². The van der Waals surface area contributed by atoms with Crippen LogP contribution in [0.3, 0.4) is 0 Å². The summed E-state index contributed by atoms with van der Waals surface area (Å²) < 4.78 is 0. The fraction of sp³-hybridized carbons (Fsp3) is 0.526. The maximum Gasteiger partial charge on any atom is 0.231 e. The lowest BCUT2D eigenvalue weighted by Crippen LogP contribution is -2.42. The molecule has 1 amide bonds. The molecule has 0 aliphatic heterocycles. The molecule has 1 aliphatic carbocycles. The quantitative estimate of drug-likeness (QED) is 0.735. The molecule has 5 heteroatoms. The monoisotopic (exact) mass is 363 g/mol. The second-order valence-corrected chi connectivity index (χ2v) is 8.30. The summed E-state index contributed by atoms with van der Waals surface area (Å²) in [7, 11) is 0. The van der Waals surface area contributed by atoms with Crippen LogP contribution in [-0.2, 0) is 10.2 Å². The zero-order valence-electron chi connectivity index (χ0n) is 13.9. The molecule has 0 saturated heterocycles. The van der Waals surface area contributed by atoms with Crippen LogP contribution in [0.5, 0.6) is 0 Å². The Balaban J connectivity index is 1.60. The summed E-state index contributed by atoms with van der Waals surface area (Å²) >= 11 is 3.38. The summed E-state index contributed by atoms with van der Waals surface area (Å²) in [4.78, 5) is 14.2. The number of nitrogens with one attached hydrogen (secondary N) is 1. The Labute approximate surface area is 151 Å². The Morgan fingerprint density at radius 1 is 1.25 bits per heavy atom. The molecule has 0 aromatic carbocycles. The highest BCUT2D eigenvalue weighted by Gasteiger charge is 2.43. The molecule has 2 heterocycles. The molecular weight excluding hydrogens is 338 g/mol. The fourth-order valence-corrected chi connectivity index (χ4v) is 5.51. The fourth-order valence-electron chi connectivity index (χ4n) is 3.78. The van der Waals surface area contributed by atoms with Crippen molar-refractivity contribution in [3.63, 3.8) is 0 Å². The smallest absolute Gasteiger partial charge is 0.231 e. The Bertz CT molecular complexity index is 616. The lowest BCUT2D eigenvalue weighted by Gasteiger charge is -2.27. The van der Waals surface area contributed by atoms with Crippen molar-refractivity contribution in [3.8, 4) is 0 Å². The van der Waals surface area contributed by atoms with Crippen molar-refractivity contribution in [2.45, 2.75) is 49.9 Å². The van der Waals surface area contributed by atoms with Crippen LogP contribution < -0.4 is 5.32 Å². The van der Waals surface area contributed by atoms with Gasteiger partial charge in [0.1, 0.15) is 0 Å². The Hall–Kier alpha value is -1.17. The first-order chi connectivity index (χ1) is 11.8. The number of amides is 1. The van der Waals surface area contributed by atoms with Crippen LogP contribution in [0.2, 0.25) is 0 Å². The molecule has 0 bridgehead atoms. The molecule has 1 unspecified atom stereocenters. The molecular formula is C19H25NO2S2. The molecule has 2 N–H and O–H groups in total. The number of rotatable bonds is 8.